The van der Waals surface area contributed by atoms with Gasteiger partial charge in [-0.15, -0.1) is 0 Å². The standard InChI is InChI=1S/C28H28N8O3/c1-18-22(6-5-7-24(18)36-13-12-35(28(36)39)21-14-29-17-30-15-21)23-16-34(4)27(38)25(32-23)31-20-10-8-19(9-11-20)26(37)33(2)3/h5-11,14-17H,12-13H2,1-4H3,(H,31,32). The number of nitrogens with one attached hydrogen (secondary N) is 1. The minimum atomic E-state index is -0.295. The first kappa shape index (κ1) is 25.6. The molecule has 5 rings (SSSR count). The summed E-state index contributed by atoms with van der Waals surface area (Å²) in [5.41, 5.74) is 4.53. The summed E-state index contributed by atoms with van der Waals surface area (Å²) in [4.78, 5) is 55.9. The highest BCUT2D eigenvalue weighted by Gasteiger charge is 2.32. The van der Waals surface area contributed by atoms with Gasteiger partial charge in [0.15, 0.2) is 5.82 Å². The lowest BCUT2D eigenvalue weighted by Crippen LogP contribution is -2.32. The van der Waals surface area contributed by atoms with E-state index >= 15 is 0 Å². The summed E-state index contributed by atoms with van der Waals surface area (Å²) in [6, 6.07) is 12.4. The Balaban J connectivity index is 1.44. The van der Waals surface area contributed by atoms with Crippen LogP contribution in [-0.4, -0.2) is 63.5 Å². The van der Waals surface area contributed by atoms with Crippen molar-refractivity contribution < 1.29 is 9.59 Å². The van der Waals surface area contributed by atoms with Crippen LogP contribution in [0, 0.1) is 6.92 Å². The van der Waals surface area contributed by atoms with E-state index < -0.39 is 0 Å². The first-order valence-corrected chi connectivity index (χ1v) is 12.3. The maximum atomic E-state index is 13.3. The quantitative estimate of drug-likeness (QED) is 0.411. The van der Waals surface area contributed by atoms with Crippen molar-refractivity contribution in [2.45, 2.75) is 6.92 Å². The minimum Gasteiger partial charge on any atom is -0.345 e. The number of hydrogen-bond acceptors (Lipinski definition) is 7. The van der Waals surface area contributed by atoms with Crippen molar-refractivity contribution in [2.24, 2.45) is 7.05 Å². The van der Waals surface area contributed by atoms with Crippen LogP contribution in [0.4, 0.5) is 27.7 Å². The molecule has 1 saturated heterocycles. The molecule has 11 nitrogen and oxygen atoms in total. The number of hydrogen-bond donors (Lipinski definition) is 1. The smallest absolute Gasteiger partial charge is 0.329 e. The second kappa shape index (κ2) is 10.4. The molecule has 39 heavy (non-hydrogen) atoms. The zero-order chi connectivity index (χ0) is 27.7. The van der Waals surface area contributed by atoms with Gasteiger partial charge in [0, 0.05) is 62.9 Å². The predicted octanol–water partition coefficient (Wildman–Crippen LogP) is 3.44. The Morgan fingerprint density at radius 3 is 2.36 bits per heavy atom. The molecule has 1 aliphatic heterocycles. The van der Waals surface area contributed by atoms with Crippen molar-refractivity contribution in [3.63, 3.8) is 0 Å². The predicted molar refractivity (Wildman–Crippen MR) is 150 cm³/mol. The number of carbonyl (C=O) groups excluding carboxylic acids is 2. The van der Waals surface area contributed by atoms with Crippen molar-refractivity contribution in [1.82, 2.24) is 24.4 Å². The van der Waals surface area contributed by atoms with E-state index in [4.69, 9.17) is 0 Å². The van der Waals surface area contributed by atoms with Crippen molar-refractivity contribution in [1.29, 1.82) is 0 Å². The Labute approximate surface area is 225 Å². The number of anilines is 4. The average Bonchev–Trinajstić information content (AvgIpc) is 3.32. The van der Waals surface area contributed by atoms with E-state index in [2.05, 4.69) is 20.3 Å². The summed E-state index contributed by atoms with van der Waals surface area (Å²) in [5.74, 6) is 0.0450. The van der Waals surface area contributed by atoms with Gasteiger partial charge in [0.25, 0.3) is 11.5 Å². The molecule has 0 unspecified atom stereocenters. The fourth-order valence-electron chi connectivity index (χ4n) is 4.53. The molecule has 0 atom stereocenters. The van der Waals surface area contributed by atoms with Crippen molar-refractivity contribution in [3.05, 3.63) is 88.9 Å². The lowest BCUT2D eigenvalue weighted by atomic mass is 10.0. The third-order valence-corrected chi connectivity index (χ3v) is 6.61. The summed E-state index contributed by atoms with van der Waals surface area (Å²) in [6.07, 6.45) is 6.35. The van der Waals surface area contributed by atoms with E-state index in [1.54, 1.807) is 73.8 Å². The third kappa shape index (κ3) is 4.93. The molecule has 0 spiro atoms. The van der Waals surface area contributed by atoms with Crippen LogP contribution in [0.15, 0.2) is 72.2 Å². The van der Waals surface area contributed by atoms with Crippen molar-refractivity contribution >= 4 is 34.8 Å². The van der Waals surface area contributed by atoms with E-state index in [9.17, 15) is 14.4 Å². The Bertz CT molecular complexity index is 1600. The third-order valence-electron chi connectivity index (χ3n) is 6.61. The number of aryl methyl sites for hydroxylation is 1. The number of urea groups is 1. The van der Waals surface area contributed by atoms with Gasteiger partial charge in [-0.25, -0.2) is 19.7 Å². The van der Waals surface area contributed by atoms with Crippen LogP contribution in [0.5, 0.6) is 0 Å². The molecular formula is C28H28N8O3. The van der Waals surface area contributed by atoms with Gasteiger partial charge >= 0.3 is 6.03 Å². The topological polar surface area (TPSA) is 117 Å². The highest BCUT2D eigenvalue weighted by molar-refractivity contribution is 6.06. The van der Waals surface area contributed by atoms with Crippen LogP contribution in [0.3, 0.4) is 0 Å². The molecule has 0 aliphatic carbocycles. The van der Waals surface area contributed by atoms with Crippen LogP contribution in [0.2, 0.25) is 0 Å². The Morgan fingerprint density at radius 1 is 0.974 bits per heavy atom. The monoisotopic (exact) mass is 524 g/mol. The first-order chi connectivity index (χ1) is 18.7. The van der Waals surface area contributed by atoms with Crippen molar-refractivity contribution in [3.8, 4) is 11.3 Å². The number of nitrogens with zero attached hydrogens (tertiary/aromatic N) is 7. The molecule has 11 heteroatoms. The Morgan fingerprint density at radius 2 is 1.67 bits per heavy atom. The molecule has 4 aromatic rings. The maximum Gasteiger partial charge on any atom is 0.329 e. The fourth-order valence-corrected chi connectivity index (χ4v) is 4.53. The summed E-state index contributed by atoms with van der Waals surface area (Å²) in [6.45, 7) is 2.96. The van der Waals surface area contributed by atoms with Gasteiger partial charge < -0.3 is 14.8 Å². The van der Waals surface area contributed by atoms with Crippen LogP contribution < -0.4 is 20.7 Å². The second-order valence-corrected chi connectivity index (χ2v) is 9.42. The second-order valence-electron chi connectivity index (χ2n) is 9.42. The lowest BCUT2D eigenvalue weighted by Gasteiger charge is -2.21. The molecule has 2 aromatic heterocycles. The summed E-state index contributed by atoms with van der Waals surface area (Å²) < 4.78 is 1.47. The lowest BCUT2D eigenvalue weighted by molar-refractivity contribution is 0.0827. The number of amides is 3. The van der Waals surface area contributed by atoms with Gasteiger partial charge in [0.1, 0.15) is 6.33 Å². The Hall–Kier alpha value is -5.06. The van der Waals surface area contributed by atoms with Crippen LogP contribution in [0.1, 0.15) is 15.9 Å². The van der Waals surface area contributed by atoms with E-state index in [0.29, 0.717) is 35.7 Å². The highest BCUT2D eigenvalue weighted by Crippen LogP contribution is 2.33. The van der Waals surface area contributed by atoms with E-state index in [0.717, 1.165) is 16.8 Å². The molecule has 0 radical (unpaired) electrons. The summed E-state index contributed by atoms with van der Waals surface area (Å²) in [5, 5.41) is 3.09. The fraction of sp³-hybridized carbons (Fsp3) is 0.214. The Kier molecular flexibility index (Phi) is 6.80. The van der Waals surface area contributed by atoms with Gasteiger partial charge in [0.05, 0.1) is 23.8 Å². The molecular weight excluding hydrogens is 496 g/mol. The van der Waals surface area contributed by atoms with Gasteiger partial charge in [-0.05, 0) is 42.8 Å². The molecule has 3 heterocycles. The highest BCUT2D eigenvalue weighted by atomic mass is 16.2. The largest absolute Gasteiger partial charge is 0.345 e. The zero-order valence-electron chi connectivity index (χ0n) is 22.1. The van der Waals surface area contributed by atoms with Gasteiger partial charge in [-0.3, -0.25) is 19.4 Å². The van der Waals surface area contributed by atoms with Crippen LogP contribution in [-0.2, 0) is 7.05 Å². The average molecular weight is 525 g/mol. The molecule has 1 aliphatic rings. The minimum absolute atomic E-state index is 0.107. The molecule has 3 amide bonds. The summed E-state index contributed by atoms with van der Waals surface area (Å²) >= 11 is 0. The molecule has 1 N–H and O–H groups in total. The number of aromatic nitrogens is 4. The molecule has 198 valence electrons. The van der Waals surface area contributed by atoms with Crippen LogP contribution >= 0.6 is 0 Å². The van der Waals surface area contributed by atoms with Gasteiger partial charge in [-0.1, -0.05) is 12.1 Å². The number of benzene rings is 2. The van der Waals surface area contributed by atoms with E-state index in [1.807, 2.05) is 25.1 Å². The first-order valence-electron chi connectivity index (χ1n) is 12.3. The van der Waals surface area contributed by atoms with Crippen molar-refractivity contribution in [2.75, 3.05) is 42.3 Å². The van der Waals surface area contributed by atoms with Gasteiger partial charge in [-0.2, -0.15) is 0 Å². The molecule has 1 fully saturated rings. The van der Waals surface area contributed by atoms with Gasteiger partial charge in [0.2, 0.25) is 0 Å². The van der Waals surface area contributed by atoms with E-state index in [-0.39, 0.29) is 23.3 Å². The molecule has 2 aromatic carbocycles. The SMILES string of the molecule is Cc1c(-c2cn(C)c(=O)c(Nc3ccc(C(=O)N(C)C)cc3)n2)cccc1N1CCN(c2cncnc2)C1=O. The van der Waals surface area contributed by atoms with Crippen LogP contribution in [0.25, 0.3) is 11.3 Å². The number of carbonyl (C=O) groups is 2. The molecule has 0 saturated carbocycles. The normalized spacial score (nSPS) is 13.1. The maximum absolute atomic E-state index is 13.3. The molecule has 0 bridgehead atoms. The summed E-state index contributed by atoms with van der Waals surface area (Å²) in [7, 11) is 5.05. The number of rotatable bonds is 6. The van der Waals surface area contributed by atoms with E-state index in [1.165, 1.54) is 15.8 Å². The zero-order valence-corrected chi connectivity index (χ0v) is 22.1.